The Balaban J connectivity index is 1.89. The Bertz CT molecular complexity index is 969. The number of nitrogens with zero attached hydrogens (tertiary/aromatic N) is 3. The van der Waals surface area contributed by atoms with Gasteiger partial charge in [0.15, 0.2) is 5.16 Å². The summed E-state index contributed by atoms with van der Waals surface area (Å²) in [5.74, 6) is 0.552. The van der Waals surface area contributed by atoms with E-state index in [2.05, 4.69) is 30.9 Å². The Morgan fingerprint density at radius 1 is 1.27 bits per heavy atom. The lowest BCUT2D eigenvalue weighted by atomic mass is 10.4. The highest BCUT2D eigenvalue weighted by Crippen LogP contribution is 2.17. The number of nitrogens with one attached hydrogen (secondary N) is 1. The maximum Gasteiger partial charge on any atom is 0.258 e. The third kappa shape index (κ3) is 3.20. The smallest absolute Gasteiger partial charge is 0.258 e. The van der Waals surface area contributed by atoms with Gasteiger partial charge in [-0.3, -0.25) is 14.0 Å². The lowest BCUT2D eigenvalue weighted by Crippen LogP contribution is -2.15. The van der Waals surface area contributed by atoms with Crippen molar-refractivity contribution in [3.8, 4) is 0 Å². The summed E-state index contributed by atoms with van der Waals surface area (Å²) >= 11 is 4.57. The molecule has 0 atom stereocenters. The van der Waals surface area contributed by atoms with Crippen molar-refractivity contribution in [2.24, 2.45) is 0 Å². The first-order valence-electron chi connectivity index (χ1n) is 6.19. The molecule has 0 amide bonds. The molecule has 0 fully saturated rings. The Morgan fingerprint density at radius 2 is 2.09 bits per heavy atom. The van der Waals surface area contributed by atoms with Gasteiger partial charge in [0.1, 0.15) is 11.5 Å². The van der Waals surface area contributed by atoms with E-state index >= 15 is 0 Å². The van der Waals surface area contributed by atoms with Crippen LogP contribution in [0, 0.1) is 0 Å². The lowest BCUT2D eigenvalue weighted by molar-refractivity contribution is 0.941. The summed E-state index contributed by atoms with van der Waals surface area (Å²) in [6.45, 7) is 0. The van der Waals surface area contributed by atoms with Crippen LogP contribution in [0.25, 0.3) is 5.65 Å². The molecule has 3 aromatic heterocycles. The van der Waals surface area contributed by atoms with E-state index in [9.17, 15) is 9.59 Å². The zero-order chi connectivity index (χ0) is 15.7. The number of fused-ring (bicyclic) bond motifs is 1. The molecule has 7 nitrogen and oxygen atoms in total. The van der Waals surface area contributed by atoms with Crippen molar-refractivity contribution in [1.82, 2.24) is 19.4 Å². The molecule has 3 N–H and O–H groups in total. The van der Waals surface area contributed by atoms with Crippen molar-refractivity contribution in [2.75, 3.05) is 5.73 Å². The standard InChI is InChI=1S/C13H10BrN5O2S/c14-7-1-2-10-16-8(3-12(21)19(10)5-7)6-22-13-17-9(15)4-11(20)18-13/h1-5H,6H2,(H3,15,17,18,20). The van der Waals surface area contributed by atoms with Crippen molar-refractivity contribution in [3.05, 3.63) is 61.3 Å². The molecule has 3 aromatic rings. The summed E-state index contributed by atoms with van der Waals surface area (Å²) in [5, 5.41) is 0.391. The molecule has 3 heterocycles. The van der Waals surface area contributed by atoms with Crippen LogP contribution in [0.1, 0.15) is 5.69 Å². The molecule has 0 unspecified atom stereocenters. The lowest BCUT2D eigenvalue weighted by Gasteiger charge is -2.04. The summed E-state index contributed by atoms with van der Waals surface area (Å²) in [6.07, 6.45) is 1.67. The fourth-order valence-electron chi connectivity index (χ4n) is 1.86. The average molecular weight is 380 g/mol. The number of halogens is 1. The van der Waals surface area contributed by atoms with Crippen LogP contribution in [0.4, 0.5) is 5.82 Å². The summed E-state index contributed by atoms with van der Waals surface area (Å²) < 4.78 is 2.26. The average Bonchev–Trinajstić information content (AvgIpc) is 2.45. The van der Waals surface area contributed by atoms with Crippen LogP contribution in [0.3, 0.4) is 0 Å². The van der Waals surface area contributed by atoms with E-state index in [0.717, 1.165) is 4.47 Å². The van der Waals surface area contributed by atoms with Gasteiger partial charge >= 0.3 is 0 Å². The van der Waals surface area contributed by atoms with E-state index in [0.29, 0.717) is 22.3 Å². The van der Waals surface area contributed by atoms with E-state index in [1.165, 1.54) is 28.3 Å². The minimum absolute atomic E-state index is 0.155. The van der Waals surface area contributed by atoms with Crippen LogP contribution >= 0.6 is 27.7 Å². The van der Waals surface area contributed by atoms with Crippen molar-refractivity contribution in [3.63, 3.8) is 0 Å². The Hall–Kier alpha value is -2.13. The molecule has 0 aromatic carbocycles. The summed E-state index contributed by atoms with van der Waals surface area (Å²) in [7, 11) is 0. The van der Waals surface area contributed by atoms with E-state index in [4.69, 9.17) is 5.73 Å². The fraction of sp³-hybridized carbons (Fsp3) is 0.0769. The molecule has 0 aliphatic carbocycles. The van der Waals surface area contributed by atoms with E-state index in [-0.39, 0.29) is 16.9 Å². The topological polar surface area (TPSA) is 106 Å². The quantitative estimate of drug-likeness (QED) is 0.526. The van der Waals surface area contributed by atoms with Gasteiger partial charge in [0.25, 0.3) is 11.1 Å². The normalized spacial score (nSPS) is 11.0. The van der Waals surface area contributed by atoms with Gasteiger partial charge < -0.3 is 10.7 Å². The minimum Gasteiger partial charge on any atom is -0.383 e. The highest BCUT2D eigenvalue weighted by molar-refractivity contribution is 9.10. The van der Waals surface area contributed by atoms with Crippen LogP contribution in [-0.2, 0) is 5.75 Å². The van der Waals surface area contributed by atoms with Crippen LogP contribution in [0.2, 0.25) is 0 Å². The second-order valence-electron chi connectivity index (χ2n) is 4.43. The molecule has 0 bridgehead atoms. The number of aromatic amines is 1. The van der Waals surface area contributed by atoms with Gasteiger partial charge in [0.05, 0.1) is 5.69 Å². The van der Waals surface area contributed by atoms with Crippen LogP contribution in [-0.4, -0.2) is 19.4 Å². The predicted molar refractivity (Wildman–Crippen MR) is 88.0 cm³/mol. The number of aromatic nitrogens is 4. The molecule has 0 saturated carbocycles. The SMILES string of the molecule is Nc1cc(=O)[nH]c(SCc2cc(=O)n3cc(Br)ccc3n2)n1. The van der Waals surface area contributed by atoms with Gasteiger partial charge in [0, 0.05) is 28.6 Å². The maximum atomic E-state index is 12.1. The first-order valence-corrected chi connectivity index (χ1v) is 7.96. The van der Waals surface area contributed by atoms with Crippen molar-refractivity contribution in [1.29, 1.82) is 0 Å². The number of hydrogen-bond donors (Lipinski definition) is 2. The van der Waals surface area contributed by atoms with Gasteiger partial charge in [0.2, 0.25) is 0 Å². The number of nitrogens with two attached hydrogens (primary N) is 1. The maximum absolute atomic E-state index is 12.1. The molecule has 0 aliphatic rings. The van der Waals surface area contributed by atoms with Crippen LogP contribution in [0.15, 0.2) is 49.7 Å². The number of H-pyrrole nitrogens is 1. The first kappa shape index (κ1) is 14.8. The molecule has 0 saturated heterocycles. The monoisotopic (exact) mass is 379 g/mol. The molecular weight excluding hydrogens is 370 g/mol. The summed E-state index contributed by atoms with van der Waals surface area (Å²) in [4.78, 5) is 34.4. The molecule has 9 heteroatoms. The molecular formula is C13H10BrN5O2S. The number of rotatable bonds is 3. The zero-order valence-electron chi connectivity index (χ0n) is 11.1. The zero-order valence-corrected chi connectivity index (χ0v) is 13.5. The first-order chi connectivity index (χ1) is 10.5. The van der Waals surface area contributed by atoms with Gasteiger partial charge in [-0.05, 0) is 28.1 Å². The second kappa shape index (κ2) is 5.93. The fourth-order valence-corrected chi connectivity index (χ4v) is 2.98. The Kier molecular flexibility index (Phi) is 3.99. The Labute approximate surface area is 136 Å². The second-order valence-corrected chi connectivity index (χ2v) is 6.31. The van der Waals surface area contributed by atoms with Crippen LogP contribution < -0.4 is 16.9 Å². The molecule has 112 valence electrons. The van der Waals surface area contributed by atoms with Gasteiger partial charge in [-0.25, -0.2) is 9.97 Å². The van der Waals surface area contributed by atoms with Gasteiger partial charge in [-0.15, -0.1) is 0 Å². The van der Waals surface area contributed by atoms with Crippen molar-refractivity contribution < 1.29 is 0 Å². The minimum atomic E-state index is -0.314. The van der Waals surface area contributed by atoms with Crippen LogP contribution in [0.5, 0.6) is 0 Å². The predicted octanol–water partition coefficient (Wildman–Crippen LogP) is 1.41. The van der Waals surface area contributed by atoms with E-state index in [1.807, 2.05) is 6.07 Å². The molecule has 0 aliphatic heterocycles. The number of nitrogen functional groups attached to an aromatic ring is 1. The highest BCUT2D eigenvalue weighted by atomic mass is 79.9. The van der Waals surface area contributed by atoms with E-state index < -0.39 is 0 Å². The number of hydrogen-bond acceptors (Lipinski definition) is 6. The van der Waals surface area contributed by atoms with E-state index in [1.54, 1.807) is 12.3 Å². The largest absolute Gasteiger partial charge is 0.383 e. The molecule has 3 rings (SSSR count). The number of anilines is 1. The molecule has 0 spiro atoms. The van der Waals surface area contributed by atoms with Gasteiger partial charge in [-0.2, -0.15) is 0 Å². The summed E-state index contributed by atoms with van der Waals surface area (Å²) in [5.41, 5.74) is 6.19. The summed E-state index contributed by atoms with van der Waals surface area (Å²) in [6, 6.07) is 6.23. The van der Waals surface area contributed by atoms with Gasteiger partial charge in [-0.1, -0.05) is 11.8 Å². The molecule has 0 radical (unpaired) electrons. The molecule has 22 heavy (non-hydrogen) atoms. The van der Waals surface area contributed by atoms with Crippen molar-refractivity contribution >= 4 is 39.2 Å². The third-order valence-electron chi connectivity index (χ3n) is 2.77. The number of pyridine rings is 1. The van der Waals surface area contributed by atoms with Crippen molar-refractivity contribution in [2.45, 2.75) is 10.9 Å². The third-order valence-corrected chi connectivity index (χ3v) is 4.15. The Morgan fingerprint density at radius 3 is 2.86 bits per heavy atom. The number of thioether (sulfide) groups is 1. The highest BCUT2D eigenvalue weighted by Gasteiger charge is 2.05.